The highest BCUT2D eigenvalue weighted by Crippen LogP contribution is 2.23. The Morgan fingerprint density at radius 2 is 2.37 bits per heavy atom. The van der Waals surface area contributed by atoms with E-state index in [2.05, 4.69) is 0 Å². The third-order valence-corrected chi connectivity index (χ3v) is 3.07. The molecule has 1 heterocycles. The zero-order valence-electron chi connectivity index (χ0n) is 10.6. The molecule has 0 aromatic carbocycles. The third-order valence-electron chi connectivity index (χ3n) is 2.81. The molecule has 2 aliphatic rings. The van der Waals surface area contributed by atoms with Gasteiger partial charge in [0.25, 0.3) is 5.17 Å². The Balaban J connectivity index is 2.12. The molecule has 6 heteroatoms. The molecule has 1 aliphatic carbocycles. The van der Waals surface area contributed by atoms with Crippen LogP contribution in [0.3, 0.4) is 0 Å². The van der Waals surface area contributed by atoms with E-state index in [9.17, 15) is 9.59 Å². The first-order chi connectivity index (χ1) is 9.02. The lowest BCUT2D eigenvalue weighted by Crippen LogP contribution is -2.33. The minimum absolute atomic E-state index is 0.0209. The number of amides is 2. The van der Waals surface area contributed by atoms with Crippen molar-refractivity contribution in [1.29, 1.82) is 0 Å². The summed E-state index contributed by atoms with van der Waals surface area (Å²) in [5.41, 5.74) is 0. The fourth-order valence-electron chi connectivity index (χ4n) is 1.84. The smallest absolute Gasteiger partial charge is 0.303 e. The first kappa shape index (κ1) is 13.5. The van der Waals surface area contributed by atoms with Crippen LogP contribution in [0.5, 0.6) is 0 Å². The SMILES string of the molecule is COC1=CCC(/C=C2/OC(=S)N(C(C)=O)C2=O)C=C1. The maximum atomic E-state index is 11.9. The van der Waals surface area contributed by atoms with E-state index >= 15 is 0 Å². The second kappa shape index (κ2) is 5.36. The van der Waals surface area contributed by atoms with Crippen molar-refractivity contribution in [2.24, 2.45) is 5.92 Å². The molecule has 1 unspecified atom stereocenters. The zero-order valence-corrected chi connectivity index (χ0v) is 11.4. The van der Waals surface area contributed by atoms with E-state index in [1.807, 2.05) is 18.2 Å². The minimum Gasteiger partial charge on any atom is -0.497 e. The Kier molecular flexibility index (Phi) is 3.80. The van der Waals surface area contributed by atoms with Gasteiger partial charge in [-0.1, -0.05) is 6.08 Å². The first-order valence-electron chi connectivity index (χ1n) is 5.74. The highest BCUT2D eigenvalue weighted by molar-refractivity contribution is 7.80. The molecular formula is C13H13NO4S. The summed E-state index contributed by atoms with van der Waals surface area (Å²) in [7, 11) is 1.60. The second-order valence-corrected chi connectivity index (χ2v) is 4.48. The van der Waals surface area contributed by atoms with Gasteiger partial charge in [-0.25, -0.2) is 4.90 Å². The first-order valence-corrected chi connectivity index (χ1v) is 6.14. The molecule has 1 fully saturated rings. The summed E-state index contributed by atoms with van der Waals surface area (Å²) in [6, 6.07) is 0. The largest absolute Gasteiger partial charge is 0.497 e. The molecule has 0 saturated carbocycles. The number of thiocarbonyl (C=S) groups is 1. The fraction of sp³-hybridized carbons (Fsp3) is 0.308. The van der Waals surface area contributed by atoms with E-state index < -0.39 is 11.8 Å². The molecule has 1 atom stereocenters. The number of carbonyl (C=O) groups excluding carboxylic acids is 2. The van der Waals surface area contributed by atoms with Crippen LogP contribution in [0.15, 0.2) is 35.8 Å². The summed E-state index contributed by atoms with van der Waals surface area (Å²) in [6.45, 7) is 1.27. The average molecular weight is 279 g/mol. The quantitative estimate of drug-likeness (QED) is 0.568. The number of nitrogens with zero attached hydrogens (tertiary/aromatic N) is 1. The Morgan fingerprint density at radius 1 is 1.63 bits per heavy atom. The van der Waals surface area contributed by atoms with Gasteiger partial charge in [-0.3, -0.25) is 9.59 Å². The van der Waals surface area contributed by atoms with Crippen LogP contribution in [0.4, 0.5) is 0 Å². The van der Waals surface area contributed by atoms with Crippen molar-refractivity contribution in [3.8, 4) is 0 Å². The number of hydrogen-bond donors (Lipinski definition) is 0. The molecule has 100 valence electrons. The van der Waals surface area contributed by atoms with Crippen molar-refractivity contribution in [2.45, 2.75) is 13.3 Å². The van der Waals surface area contributed by atoms with Gasteiger partial charge >= 0.3 is 5.91 Å². The predicted molar refractivity (Wildman–Crippen MR) is 71.6 cm³/mol. The summed E-state index contributed by atoms with van der Waals surface area (Å²) in [6.07, 6.45) is 8.01. The van der Waals surface area contributed by atoms with Crippen molar-refractivity contribution in [3.63, 3.8) is 0 Å². The average Bonchev–Trinajstić information content (AvgIpc) is 2.65. The number of ether oxygens (including phenoxy) is 2. The lowest BCUT2D eigenvalue weighted by molar-refractivity contribution is -0.135. The number of allylic oxidation sites excluding steroid dienone is 4. The highest BCUT2D eigenvalue weighted by atomic mass is 32.1. The van der Waals surface area contributed by atoms with Gasteiger partial charge < -0.3 is 9.47 Å². The van der Waals surface area contributed by atoms with Crippen LogP contribution in [0.1, 0.15) is 13.3 Å². The number of carbonyl (C=O) groups is 2. The van der Waals surface area contributed by atoms with Crippen LogP contribution in [-0.2, 0) is 19.1 Å². The molecule has 2 amide bonds. The number of hydrogen-bond acceptors (Lipinski definition) is 5. The van der Waals surface area contributed by atoms with Gasteiger partial charge in [-0.05, 0) is 36.9 Å². The van der Waals surface area contributed by atoms with Crippen LogP contribution in [0.2, 0.25) is 0 Å². The Labute approximate surface area is 116 Å². The maximum absolute atomic E-state index is 11.9. The van der Waals surface area contributed by atoms with E-state index in [0.717, 1.165) is 10.7 Å². The molecule has 19 heavy (non-hydrogen) atoms. The van der Waals surface area contributed by atoms with Crippen molar-refractivity contribution in [1.82, 2.24) is 4.90 Å². The van der Waals surface area contributed by atoms with Gasteiger partial charge in [0.05, 0.1) is 7.11 Å². The van der Waals surface area contributed by atoms with Gasteiger partial charge in [0, 0.05) is 12.8 Å². The maximum Gasteiger partial charge on any atom is 0.303 e. The topological polar surface area (TPSA) is 55.8 Å². The van der Waals surface area contributed by atoms with Gasteiger partial charge in [-0.2, -0.15) is 0 Å². The molecule has 1 saturated heterocycles. The van der Waals surface area contributed by atoms with Crippen molar-refractivity contribution < 1.29 is 19.1 Å². The highest BCUT2D eigenvalue weighted by Gasteiger charge is 2.36. The molecule has 0 bridgehead atoms. The molecule has 1 aliphatic heterocycles. The summed E-state index contributed by atoms with van der Waals surface area (Å²) >= 11 is 4.85. The van der Waals surface area contributed by atoms with E-state index in [4.69, 9.17) is 21.7 Å². The Hall–Kier alpha value is -1.95. The van der Waals surface area contributed by atoms with E-state index in [1.54, 1.807) is 13.2 Å². The predicted octanol–water partition coefficient (Wildman–Crippen LogP) is 1.67. The van der Waals surface area contributed by atoms with Crippen molar-refractivity contribution in [3.05, 3.63) is 35.8 Å². The van der Waals surface area contributed by atoms with Crippen LogP contribution in [0, 0.1) is 5.92 Å². The van der Waals surface area contributed by atoms with Gasteiger partial charge in [0.15, 0.2) is 5.76 Å². The lowest BCUT2D eigenvalue weighted by atomic mass is 9.99. The standard InChI is InChI=1S/C13H13NO4S/c1-8(15)14-12(16)11(18-13(14)19)7-9-3-5-10(17-2)6-4-9/h3,5-7,9H,4H2,1-2H3/b11-7+. The normalized spacial score (nSPS) is 24.5. The molecule has 0 N–H and O–H groups in total. The molecule has 0 aromatic heterocycles. The summed E-state index contributed by atoms with van der Waals surface area (Å²) in [4.78, 5) is 24.0. The fourth-order valence-corrected chi connectivity index (χ4v) is 2.14. The molecule has 0 aromatic rings. The van der Waals surface area contributed by atoms with Gasteiger partial charge in [0.1, 0.15) is 5.76 Å². The second-order valence-electron chi connectivity index (χ2n) is 4.13. The van der Waals surface area contributed by atoms with E-state index in [-0.39, 0.29) is 16.9 Å². The molecule has 2 rings (SSSR count). The number of methoxy groups -OCH3 is 1. The summed E-state index contributed by atoms with van der Waals surface area (Å²) in [5.74, 6) is -0.0440. The molecular weight excluding hydrogens is 266 g/mol. The number of imide groups is 1. The number of rotatable bonds is 2. The van der Waals surface area contributed by atoms with Crippen molar-refractivity contribution >= 4 is 29.2 Å². The molecule has 5 nitrogen and oxygen atoms in total. The lowest BCUT2D eigenvalue weighted by Gasteiger charge is -2.11. The third kappa shape index (κ3) is 2.73. The van der Waals surface area contributed by atoms with Crippen LogP contribution >= 0.6 is 12.2 Å². The van der Waals surface area contributed by atoms with Crippen LogP contribution in [-0.4, -0.2) is 29.0 Å². The Bertz CT molecular complexity index is 533. The minimum atomic E-state index is -0.507. The zero-order chi connectivity index (χ0) is 14.0. The van der Waals surface area contributed by atoms with Crippen molar-refractivity contribution in [2.75, 3.05) is 7.11 Å². The molecule has 0 spiro atoms. The molecule has 0 radical (unpaired) electrons. The Morgan fingerprint density at radius 3 is 2.84 bits per heavy atom. The summed E-state index contributed by atoms with van der Waals surface area (Å²) in [5, 5.41) is -0.114. The van der Waals surface area contributed by atoms with Crippen LogP contribution < -0.4 is 0 Å². The van der Waals surface area contributed by atoms with Gasteiger partial charge in [-0.15, -0.1) is 0 Å². The van der Waals surface area contributed by atoms with E-state index in [0.29, 0.717) is 6.42 Å². The monoisotopic (exact) mass is 279 g/mol. The van der Waals surface area contributed by atoms with E-state index in [1.165, 1.54) is 6.92 Å². The van der Waals surface area contributed by atoms with Crippen LogP contribution in [0.25, 0.3) is 0 Å². The van der Waals surface area contributed by atoms with Gasteiger partial charge in [0.2, 0.25) is 5.91 Å². The summed E-state index contributed by atoms with van der Waals surface area (Å²) < 4.78 is 10.2.